The second kappa shape index (κ2) is 5.16. The number of likely N-dealkylation sites (tertiary alicyclic amines) is 1. The number of anilines is 1. The molecule has 0 spiro atoms. The molecule has 4 rings (SSSR count). The van der Waals surface area contributed by atoms with Gasteiger partial charge in [0.05, 0.1) is 17.3 Å². The van der Waals surface area contributed by atoms with Crippen molar-refractivity contribution in [1.82, 2.24) is 14.5 Å². The zero-order chi connectivity index (χ0) is 15.1. The molecule has 0 aliphatic carbocycles. The molecule has 1 amide bonds. The second-order valence-corrected chi connectivity index (χ2v) is 6.19. The van der Waals surface area contributed by atoms with Crippen molar-refractivity contribution in [3.63, 3.8) is 0 Å². The molecule has 2 fully saturated rings. The van der Waals surface area contributed by atoms with Crippen LogP contribution in [0, 0.1) is 0 Å². The zero-order valence-corrected chi connectivity index (χ0v) is 12.7. The van der Waals surface area contributed by atoms with Gasteiger partial charge >= 0.3 is 0 Å². The van der Waals surface area contributed by atoms with Crippen LogP contribution < -0.4 is 4.90 Å². The number of carbonyl (C=O) groups is 1. The highest BCUT2D eigenvalue weighted by atomic mass is 16.2. The maximum Gasteiger partial charge on any atom is 0.257 e. The van der Waals surface area contributed by atoms with Gasteiger partial charge in [-0.05, 0) is 31.4 Å². The Balaban J connectivity index is 1.69. The van der Waals surface area contributed by atoms with E-state index in [1.807, 2.05) is 11.1 Å². The van der Waals surface area contributed by atoms with Crippen molar-refractivity contribution < 1.29 is 4.79 Å². The minimum Gasteiger partial charge on any atom is -0.371 e. The minimum atomic E-state index is 0.0622. The smallest absolute Gasteiger partial charge is 0.257 e. The van der Waals surface area contributed by atoms with Crippen LogP contribution in [0.4, 0.5) is 5.69 Å². The van der Waals surface area contributed by atoms with E-state index in [0.29, 0.717) is 12.1 Å². The van der Waals surface area contributed by atoms with Crippen LogP contribution in [0.5, 0.6) is 0 Å². The Morgan fingerprint density at radius 2 is 2.05 bits per heavy atom. The van der Waals surface area contributed by atoms with Crippen LogP contribution >= 0.6 is 0 Å². The Hall–Kier alpha value is -2.30. The van der Waals surface area contributed by atoms with Crippen LogP contribution in [0.1, 0.15) is 29.6 Å². The summed E-state index contributed by atoms with van der Waals surface area (Å²) in [4.78, 5) is 17.0. The number of hydrogen-bond donors (Lipinski definition) is 0. The zero-order valence-electron chi connectivity index (χ0n) is 12.7. The maximum absolute atomic E-state index is 12.7. The van der Waals surface area contributed by atoms with Crippen molar-refractivity contribution in [2.45, 2.75) is 19.3 Å². The van der Waals surface area contributed by atoms with Crippen LogP contribution in [-0.2, 0) is 0 Å². The molecule has 4 heterocycles. The SMILES string of the molecule is C=C1CCN(C(=O)c2cnn3ccc(N4CCCC4)cc23)C1. The number of hydrogen-bond acceptors (Lipinski definition) is 3. The predicted octanol–water partition coefficient (Wildman–Crippen LogP) is 2.34. The number of aromatic nitrogens is 2. The van der Waals surface area contributed by atoms with Gasteiger partial charge in [0.2, 0.25) is 0 Å². The first kappa shape index (κ1) is 13.4. The lowest BCUT2D eigenvalue weighted by molar-refractivity contribution is 0.0798. The topological polar surface area (TPSA) is 40.9 Å². The lowest BCUT2D eigenvalue weighted by atomic mass is 10.2. The molecule has 5 heteroatoms. The summed E-state index contributed by atoms with van der Waals surface area (Å²) in [5, 5.41) is 4.33. The number of fused-ring (bicyclic) bond motifs is 1. The van der Waals surface area contributed by atoms with Crippen molar-refractivity contribution in [1.29, 1.82) is 0 Å². The van der Waals surface area contributed by atoms with E-state index in [2.05, 4.69) is 28.7 Å². The molecule has 2 aliphatic heterocycles. The third-order valence-electron chi connectivity index (χ3n) is 4.64. The summed E-state index contributed by atoms with van der Waals surface area (Å²) < 4.78 is 1.79. The summed E-state index contributed by atoms with van der Waals surface area (Å²) in [6, 6.07) is 4.17. The normalized spacial score (nSPS) is 18.6. The Bertz CT molecular complexity index is 742. The number of rotatable bonds is 2. The molecule has 2 saturated heterocycles. The van der Waals surface area contributed by atoms with Gasteiger partial charge in [-0.15, -0.1) is 0 Å². The van der Waals surface area contributed by atoms with Gasteiger partial charge in [-0.2, -0.15) is 5.10 Å². The van der Waals surface area contributed by atoms with Gasteiger partial charge in [0.25, 0.3) is 5.91 Å². The first-order valence-corrected chi connectivity index (χ1v) is 7.90. The molecule has 0 radical (unpaired) electrons. The van der Waals surface area contributed by atoms with Crippen molar-refractivity contribution in [2.24, 2.45) is 0 Å². The van der Waals surface area contributed by atoms with Gasteiger partial charge in [0.15, 0.2) is 0 Å². The van der Waals surface area contributed by atoms with Gasteiger partial charge in [-0.3, -0.25) is 4.79 Å². The first-order chi connectivity index (χ1) is 10.7. The van der Waals surface area contributed by atoms with Crippen molar-refractivity contribution in [3.05, 3.63) is 42.2 Å². The van der Waals surface area contributed by atoms with Crippen molar-refractivity contribution >= 4 is 17.1 Å². The Labute approximate surface area is 129 Å². The molecular formula is C17H20N4O. The van der Waals surface area contributed by atoms with Gasteiger partial charge in [-0.25, -0.2) is 4.52 Å². The van der Waals surface area contributed by atoms with Crippen LogP contribution in [0.15, 0.2) is 36.7 Å². The highest BCUT2D eigenvalue weighted by Crippen LogP contribution is 2.25. The van der Waals surface area contributed by atoms with Crippen LogP contribution in [0.25, 0.3) is 5.52 Å². The fourth-order valence-electron chi connectivity index (χ4n) is 3.37. The predicted molar refractivity (Wildman–Crippen MR) is 86.3 cm³/mol. The van der Waals surface area contributed by atoms with Crippen LogP contribution in [-0.4, -0.2) is 46.6 Å². The standard InChI is InChI=1S/C17H20N4O/c1-13-4-8-20(12-13)17(22)15-11-18-21-9-5-14(10-16(15)21)19-6-2-3-7-19/h5,9-11H,1-4,6-8,12H2. The molecule has 0 atom stereocenters. The summed E-state index contributed by atoms with van der Waals surface area (Å²) in [5.41, 5.74) is 3.90. The highest BCUT2D eigenvalue weighted by molar-refractivity contribution is 6.01. The molecule has 22 heavy (non-hydrogen) atoms. The first-order valence-electron chi connectivity index (χ1n) is 7.90. The number of carbonyl (C=O) groups excluding carboxylic acids is 1. The van der Waals surface area contributed by atoms with E-state index in [0.717, 1.165) is 37.1 Å². The van der Waals surface area contributed by atoms with E-state index < -0.39 is 0 Å². The Morgan fingerprint density at radius 1 is 1.23 bits per heavy atom. The molecular weight excluding hydrogens is 276 g/mol. The van der Waals surface area contributed by atoms with Gasteiger partial charge in [0.1, 0.15) is 0 Å². The number of amides is 1. The van der Waals surface area contributed by atoms with Crippen LogP contribution in [0.3, 0.4) is 0 Å². The van der Waals surface area contributed by atoms with E-state index in [1.165, 1.54) is 18.5 Å². The van der Waals surface area contributed by atoms with E-state index in [4.69, 9.17) is 0 Å². The van der Waals surface area contributed by atoms with Crippen molar-refractivity contribution in [2.75, 3.05) is 31.1 Å². The molecule has 2 aromatic rings. The molecule has 0 saturated carbocycles. The fourth-order valence-corrected chi connectivity index (χ4v) is 3.37. The molecule has 2 aromatic heterocycles. The second-order valence-electron chi connectivity index (χ2n) is 6.19. The molecule has 114 valence electrons. The van der Waals surface area contributed by atoms with E-state index in [1.54, 1.807) is 10.7 Å². The van der Waals surface area contributed by atoms with Crippen LogP contribution in [0.2, 0.25) is 0 Å². The fraction of sp³-hybridized carbons (Fsp3) is 0.412. The third-order valence-corrected chi connectivity index (χ3v) is 4.64. The average Bonchev–Trinajstić information content (AvgIpc) is 3.26. The molecule has 0 bridgehead atoms. The van der Waals surface area contributed by atoms with Gasteiger partial charge < -0.3 is 9.80 Å². The van der Waals surface area contributed by atoms with Gasteiger partial charge in [0, 0.05) is 38.1 Å². The summed E-state index contributed by atoms with van der Waals surface area (Å²) >= 11 is 0. The number of nitrogens with zero attached hydrogens (tertiary/aromatic N) is 4. The molecule has 0 unspecified atom stereocenters. The molecule has 5 nitrogen and oxygen atoms in total. The summed E-state index contributed by atoms with van der Waals surface area (Å²) in [7, 11) is 0. The molecule has 2 aliphatic rings. The summed E-state index contributed by atoms with van der Waals surface area (Å²) in [6.07, 6.45) is 7.03. The maximum atomic E-state index is 12.7. The van der Waals surface area contributed by atoms with E-state index in [-0.39, 0.29) is 5.91 Å². The summed E-state index contributed by atoms with van der Waals surface area (Å²) in [5.74, 6) is 0.0622. The average molecular weight is 296 g/mol. The monoisotopic (exact) mass is 296 g/mol. The largest absolute Gasteiger partial charge is 0.371 e. The highest BCUT2D eigenvalue weighted by Gasteiger charge is 2.24. The quantitative estimate of drug-likeness (QED) is 0.799. The third kappa shape index (κ3) is 2.17. The molecule has 0 N–H and O–H groups in total. The number of pyridine rings is 1. The van der Waals surface area contributed by atoms with Crippen molar-refractivity contribution in [3.8, 4) is 0 Å². The molecule has 0 aromatic carbocycles. The Morgan fingerprint density at radius 3 is 2.77 bits per heavy atom. The van der Waals surface area contributed by atoms with E-state index in [9.17, 15) is 4.79 Å². The Kier molecular flexibility index (Phi) is 3.13. The lowest BCUT2D eigenvalue weighted by Gasteiger charge is -2.18. The lowest BCUT2D eigenvalue weighted by Crippen LogP contribution is -2.27. The van der Waals surface area contributed by atoms with Gasteiger partial charge in [-0.1, -0.05) is 12.2 Å². The minimum absolute atomic E-state index is 0.0622. The summed E-state index contributed by atoms with van der Waals surface area (Å²) in [6.45, 7) is 7.60. The van der Waals surface area contributed by atoms with E-state index >= 15 is 0 Å².